The van der Waals surface area contributed by atoms with Crippen LogP contribution in [0.1, 0.15) is 125 Å². The highest BCUT2D eigenvalue weighted by Crippen LogP contribution is 2.52. The maximum Gasteiger partial charge on any atom is -0.00171 e. The first-order valence-electron chi connectivity index (χ1n) is 19.9. The monoisotopic (exact) mass is 638 g/mol. The van der Waals surface area contributed by atoms with Crippen LogP contribution in [0, 0.1) is 40.9 Å². The molecule has 1 unspecified atom stereocenters. The summed E-state index contributed by atoms with van der Waals surface area (Å²) in [5, 5.41) is 0. The zero-order chi connectivity index (χ0) is 33.3. The third-order valence-electron chi connectivity index (χ3n) is 14.2. The smallest absolute Gasteiger partial charge is 0.00171 e. The van der Waals surface area contributed by atoms with E-state index in [-0.39, 0.29) is 5.41 Å². The van der Waals surface area contributed by atoms with Crippen LogP contribution in [-0.2, 0) is 19.3 Å². The highest BCUT2D eigenvalue weighted by Gasteiger charge is 2.39. The summed E-state index contributed by atoms with van der Waals surface area (Å²) in [7, 11) is 0. The molecule has 48 heavy (non-hydrogen) atoms. The van der Waals surface area contributed by atoms with Crippen molar-refractivity contribution in [2.45, 2.75) is 122 Å². The third-order valence-corrected chi connectivity index (χ3v) is 14.2. The molecule has 2 atom stereocenters. The van der Waals surface area contributed by atoms with Crippen molar-refractivity contribution in [2.24, 2.45) is 40.9 Å². The Morgan fingerprint density at radius 1 is 0.646 bits per heavy atom. The van der Waals surface area contributed by atoms with Crippen LogP contribution in [0.3, 0.4) is 0 Å². The standard InChI is InChI=1S/C48H62/c1-33-27-42-15-9-12-18-45(42)30-47(33)41-25-19-37(20-26-41)34(2)31-48(5,32-35(3)46-28-43-16-10-11-17-44(43)29-46)36(4)38-21-23-40(24-22-38)39-13-7-6-8-14-39/h9-12,15-18,28,37-41,47H,1-4,6-8,13-14,19-27,29-32H2,5H3/t37?,38?,40?,41?,47?,48-/m1/s1. The topological polar surface area (TPSA) is 0 Å². The summed E-state index contributed by atoms with van der Waals surface area (Å²) in [6.45, 7) is 21.8. The van der Waals surface area contributed by atoms with Crippen LogP contribution >= 0.6 is 0 Å². The number of fused-ring (bicyclic) bond motifs is 2. The van der Waals surface area contributed by atoms with Crippen molar-refractivity contribution < 1.29 is 0 Å². The van der Waals surface area contributed by atoms with Crippen LogP contribution < -0.4 is 0 Å². The van der Waals surface area contributed by atoms with E-state index in [1.54, 1.807) is 5.56 Å². The van der Waals surface area contributed by atoms with E-state index in [0.717, 1.165) is 43.4 Å². The van der Waals surface area contributed by atoms with Crippen molar-refractivity contribution in [3.8, 4) is 0 Å². The van der Waals surface area contributed by atoms with Crippen molar-refractivity contribution >= 4 is 6.08 Å². The van der Waals surface area contributed by atoms with Gasteiger partial charge in [-0.3, -0.25) is 0 Å². The Labute approximate surface area is 293 Å². The minimum atomic E-state index is 0.00430. The van der Waals surface area contributed by atoms with Crippen LogP contribution in [0.25, 0.3) is 6.08 Å². The van der Waals surface area contributed by atoms with Gasteiger partial charge in [0, 0.05) is 0 Å². The lowest BCUT2D eigenvalue weighted by Crippen LogP contribution is -2.32. The van der Waals surface area contributed by atoms with Crippen molar-refractivity contribution in [2.75, 3.05) is 0 Å². The zero-order valence-corrected chi connectivity index (χ0v) is 30.2. The van der Waals surface area contributed by atoms with E-state index in [4.69, 9.17) is 19.7 Å². The van der Waals surface area contributed by atoms with Gasteiger partial charge in [-0.25, -0.2) is 0 Å². The highest BCUT2D eigenvalue weighted by atomic mass is 14.4. The van der Waals surface area contributed by atoms with Crippen LogP contribution in [0.4, 0.5) is 0 Å². The van der Waals surface area contributed by atoms with Gasteiger partial charge in [-0.2, -0.15) is 0 Å². The van der Waals surface area contributed by atoms with E-state index in [0.29, 0.717) is 17.8 Å². The first-order valence-corrected chi connectivity index (χ1v) is 19.9. The molecule has 2 aromatic carbocycles. The number of rotatable bonds is 10. The van der Waals surface area contributed by atoms with Crippen molar-refractivity contribution in [1.29, 1.82) is 0 Å². The fraction of sp³-hybridized carbons (Fsp3) is 0.542. The maximum atomic E-state index is 4.99. The largest absolute Gasteiger partial charge is 0.0995 e. The molecule has 0 amide bonds. The number of benzene rings is 2. The molecule has 7 rings (SSSR count). The molecular formula is C48H62. The fourth-order valence-corrected chi connectivity index (χ4v) is 11.2. The molecule has 3 fully saturated rings. The van der Waals surface area contributed by atoms with Gasteiger partial charge in [0.05, 0.1) is 0 Å². The van der Waals surface area contributed by atoms with Gasteiger partial charge in [0.15, 0.2) is 0 Å². The van der Waals surface area contributed by atoms with Gasteiger partial charge in [-0.15, -0.1) is 0 Å². The van der Waals surface area contributed by atoms with Gasteiger partial charge in [-0.1, -0.05) is 142 Å². The molecule has 0 N–H and O–H groups in total. The second-order valence-corrected chi connectivity index (χ2v) is 17.3. The molecule has 0 aliphatic heterocycles. The summed E-state index contributed by atoms with van der Waals surface area (Å²) in [6, 6.07) is 18.0. The molecule has 0 heteroatoms. The fourth-order valence-electron chi connectivity index (χ4n) is 11.2. The molecule has 5 aliphatic rings. The first-order chi connectivity index (χ1) is 23.3. The van der Waals surface area contributed by atoms with Crippen molar-refractivity contribution in [3.05, 3.63) is 125 Å². The second kappa shape index (κ2) is 14.5. The lowest BCUT2D eigenvalue weighted by molar-refractivity contribution is 0.166. The van der Waals surface area contributed by atoms with E-state index >= 15 is 0 Å². The Morgan fingerprint density at radius 3 is 1.96 bits per heavy atom. The average molecular weight is 639 g/mol. The van der Waals surface area contributed by atoms with Crippen LogP contribution in [0.5, 0.6) is 0 Å². The van der Waals surface area contributed by atoms with E-state index in [9.17, 15) is 0 Å². The molecule has 5 aliphatic carbocycles. The second-order valence-electron chi connectivity index (χ2n) is 17.3. The lowest BCUT2D eigenvalue weighted by Gasteiger charge is -2.43. The molecule has 0 saturated heterocycles. The Hall–Kier alpha value is -2.86. The SMILES string of the molecule is C=C(C[C@@](C)(CC(=C)C1CCC(C2Cc3ccccc3CC2=C)CC1)C(=C)C1CCC(C2CCCCC2)CC1)C1=Cc2ccccc2C1. The molecule has 0 heterocycles. The van der Waals surface area contributed by atoms with E-state index in [2.05, 4.69) is 68.1 Å². The molecule has 0 bridgehead atoms. The van der Waals surface area contributed by atoms with Crippen LogP contribution in [0.15, 0.2) is 103 Å². The molecular weight excluding hydrogens is 577 g/mol. The van der Waals surface area contributed by atoms with Gasteiger partial charge >= 0.3 is 0 Å². The van der Waals surface area contributed by atoms with Gasteiger partial charge in [0.25, 0.3) is 0 Å². The van der Waals surface area contributed by atoms with Crippen molar-refractivity contribution in [3.63, 3.8) is 0 Å². The summed E-state index contributed by atoms with van der Waals surface area (Å²) in [4.78, 5) is 0. The van der Waals surface area contributed by atoms with Gasteiger partial charge in [0.1, 0.15) is 0 Å². The minimum Gasteiger partial charge on any atom is -0.0995 e. The molecule has 0 aromatic heterocycles. The summed E-state index contributed by atoms with van der Waals surface area (Å²) in [5.41, 5.74) is 13.1. The van der Waals surface area contributed by atoms with Crippen molar-refractivity contribution in [1.82, 2.24) is 0 Å². The Bertz CT molecular complexity index is 1540. The van der Waals surface area contributed by atoms with Gasteiger partial charge in [0.2, 0.25) is 0 Å². The molecule has 0 radical (unpaired) electrons. The number of hydrogen-bond donors (Lipinski definition) is 0. The van der Waals surface area contributed by atoms with E-state index < -0.39 is 0 Å². The Kier molecular flexibility index (Phi) is 10.2. The first kappa shape index (κ1) is 33.6. The summed E-state index contributed by atoms with van der Waals surface area (Å²) in [6.07, 6.45) is 25.8. The third kappa shape index (κ3) is 7.20. The quantitative estimate of drug-likeness (QED) is 0.227. The predicted molar refractivity (Wildman–Crippen MR) is 207 cm³/mol. The summed E-state index contributed by atoms with van der Waals surface area (Å²) in [5.74, 6) is 4.63. The maximum absolute atomic E-state index is 4.99. The van der Waals surface area contributed by atoms with Crippen LogP contribution in [0.2, 0.25) is 0 Å². The average Bonchev–Trinajstić information content (AvgIpc) is 3.56. The Balaban J connectivity index is 1.02. The molecule has 254 valence electrons. The predicted octanol–water partition coefficient (Wildman–Crippen LogP) is 13.2. The Morgan fingerprint density at radius 2 is 1.25 bits per heavy atom. The van der Waals surface area contributed by atoms with Crippen LogP contribution in [-0.4, -0.2) is 0 Å². The molecule has 0 spiro atoms. The number of allylic oxidation sites excluding steroid dienone is 5. The summed E-state index contributed by atoms with van der Waals surface area (Å²) < 4.78 is 0. The van der Waals surface area contributed by atoms with E-state index in [1.165, 1.54) is 134 Å². The highest BCUT2D eigenvalue weighted by molar-refractivity contribution is 5.68. The summed E-state index contributed by atoms with van der Waals surface area (Å²) >= 11 is 0. The normalized spacial score (nSPS) is 28.9. The lowest BCUT2D eigenvalue weighted by atomic mass is 9.61. The number of hydrogen-bond acceptors (Lipinski definition) is 0. The van der Waals surface area contributed by atoms with E-state index in [1.807, 2.05) is 0 Å². The minimum absolute atomic E-state index is 0.00430. The zero-order valence-electron chi connectivity index (χ0n) is 30.2. The molecule has 2 aromatic rings. The van der Waals surface area contributed by atoms with Gasteiger partial charge < -0.3 is 0 Å². The van der Waals surface area contributed by atoms with Gasteiger partial charge in [-0.05, 0) is 152 Å². The molecule has 0 nitrogen and oxygen atoms in total. The molecule has 3 saturated carbocycles.